The molecule has 3 rings (SSSR count). The minimum atomic E-state index is -4.76. The maximum atomic E-state index is 14.6. The number of ether oxygens (including phenoxy) is 3. The van der Waals surface area contributed by atoms with E-state index in [1.54, 1.807) is 6.08 Å². The molecular weight excluding hydrogens is 495 g/mol. The van der Waals surface area contributed by atoms with Crippen molar-refractivity contribution in [1.29, 1.82) is 0 Å². The highest BCUT2D eigenvalue weighted by atomic mass is 19.3. The first-order chi connectivity index (χ1) is 16.4. The Morgan fingerprint density at radius 2 is 1.57 bits per heavy atom. The number of allylic oxidation sites excluding steroid dienone is 1. The number of halogens is 9. The van der Waals surface area contributed by atoms with Crippen LogP contribution >= 0.6 is 0 Å². The van der Waals surface area contributed by atoms with Gasteiger partial charge in [0.25, 0.3) is 0 Å². The summed E-state index contributed by atoms with van der Waals surface area (Å²) in [7, 11) is 0. The Hall–Kier alpha value is -3.15. The van der Waals surface area contributed by atoms with Crippen LogP contribution in [-0.2, 0) is 10.8 Å². The van der Waals surface area contributed by atoms with Crippen LogP contribution in [0.3, 0.4) is 0 Å². The summed E-state index contributed by atoms with van der Waals surface area (Å²) in [6.45, 7) is 3.91. The Morgan fingerprint density at radius 1 is 0.971 bits per heavy atom. The highest BCUT2D eigenvalue weighted by Gasteiger charge is 2.42. The summed E-state index contributed by atoms with van der Waals surface area (Å²) in [4.78, 5) is 0. The third kappa shape index (κ3) is 6.11. The average molecular weight is 512 g/mol. The van der Waals surface area contributed by atoms with Crippen LogP contribution in [0.5, 0.6) is 11.5 Å². The van der Waals surface area contributed by atoms with Crippen molar-refractivity contribution < 1.29 is 53.7 Å². The zero-order valence-corrected chi connectivity index (χ0v) is 17.7. The summed E-state index contributed by atoms with van der Waals surface area (Å²) in [5, 5.41) is 0. The molecule has 0 radical (unpaired) electrons. The molecule has 0 saturated carbocycles. The molecule has 12 heteroatoms. The van der Waals surface area contributed by atoms with E-state index in [1.807, 2.05) is 0 Å². The van der Waals surface area contributed by atoms with Gasteiger partial charge in [0.1, 0.15) is 22.9 Å². The maximum Gasteiger partial charge on any atom is 0.432 e. The van der Waals surface area contributed by atoms with Crippen LogP contribution in [0.4, 0.5) is 39.5 Å². The van der Waals surface area contributed by atoms with E-state index < -0.39 is 64.6 Å². The predicted molar refractivity (Wildman–Crippen MR) is 104 cm³/mol. The fraction of sp³-hybridized carbons (Fsp3) is 0.304. The monoisotopic (exact) mass is 512 g/mol. The second-order valence-electron chi connectivity index (χ2n) is 7.62. The predicted octanol–water partition coefficient (Wildman–Crippen LogP) is 7.83. The number of rotatable bonds is 8. The molecule has 1 aliphatic rings. The molecule has 2 aromatic carbocycles. The van der Waals surface area contributed by atoms with E-state index in [9.17, 15) is 39.5 Å². The van der Waals surface area contributed by atoms with E-state index in [1.165, 1.54) is 0 Å². The molecule has 1 saturated heterocycles. The van der Waals surface area contributed by atoms with E-state index in [0.717, 1.165) is 0 Å². The molecule has 0 spiro atoms. The zero-order chi connectivity index (χ0) is 25.9. The lowest BCUT2D eigenvalue weighted by Crippen LogP contribution is -2.26. The molecule has 2 aromatic rings. The Morgan fingerprint density at radius 3 is 2.06 bits per heavy atom. The van der Waals surface area contributed by atoms with Crippen molar-refractivity contribution in [1.82, 2.24) is 0 Å². The van der Waals surface area contributed by atoms with Gasteiger partial charge in [-0.05, 0) is 42.9 Å². The van der Waals surface area contributed by atoms with Gasteiger partial charge in [0.05, 0.1) is 12.7 Å². The molecule has 1 fully saturated rings. The lowest BCUT2D eigenvalue weighted by Gasteiger charge is -2.29. The normalized spacial score (nSPS) is 18.2. The van der Waals surface area contributed by atoms with Gasteiger partial charge in [-0.25, -0.2) is 17.6 Å². The van der Waals surface area contributed by atoms with E-state index in [-0.39, 0.29) is 30.2 Å². The largest absolute Gasteiger partial charge is 0.432 e. The molecule has 2 unspecified atom stereocenters. The lowest BCUT2D eigenvalue weighted by atomic mass is 9.92. The van der Waals surface area contributed by atoms with Crippen LogP contribution in [-0.4, -0.2) is 6.61 Å². The van der Waals surface area contributed by atoms with Crippen molar-refractivity contribution >= 4 is 0 Å². The second kappa shape index (κ2) is 10.6. The zero-order valence-electron chi connectivity index (χ0n) is 17.7. The fourth-order valence-electron chi connectivity index (χ4n) is 3.57. The van der Waals surface area contributed by atoms with Gasteiger partial charge in [0.15, 0.2) is 11.6 Å². The number of hydrogen-bond acceptors (Lipinski definition) is 3. The topological polar surface area (TPSA) is 27.7 Å². The molecule has 190 valence electrons. The van der Waals surface area contributed by atoms with Gasteiger partial charge in [-0.1, -0.05) is 6.08 Å². The Labute approximate surface area is 193 Å². The quantitative estimate of drug-likeness (QED) is 0.205. The van der Waals surface area contributed by atoms with Crippen LogP contribution in [0.25, 0.3) is 0 Å². The summed E-state index contributed by atoms with van der Waals surface area (Å²) in [5.74, 6) is -9.97. The second-order valence-corrected chi connectivity index (χ2v) is 7.62. The van der Waals surface area contributed by atoms with Crippen LogP contribution < -0.4 is 9.47 Å². The standard InChI is InChI=1S/C23H17F9O3/c1-2-3-11-4-5-18(33-10-11)12-6-14(24)19(15(25)7-12)23(31,32)35-13-8-16(26)20(17(27)9-13)34-22(30)21(28)29/h2,6-9,11,18H,1,3-5,10H2. The first-order valence-corrected chi connectivity index (χ1v) is 10.1. The summed E-state index contributed by atoms with van der Waals surface area (Å²) in [5.41, 5.74) is -1.86. The Balaban J connectivity index is 1.82. The highest BCUT2D eigenvalue weighted by molar-refractivity contribution is 5.37. The minimum absolute atomic E-state index is 0.0228. The molecule has 2 atom stereocenters. The van der Waals surface area contributed by atoms with Crippen molar-refractivity contribution in [3.05, 3.63) is 83.4 Å². The van der Waals surface area contributed by atoms with E-state index in [0.29, 0.717) is 31.4 Å². The van der Waals surface area contributed by atoms with Crippen molar-refractivity contribution in [2.45, 2.75) is 31.5 Å². The molecule has 0 amide bonds. The van der Waals surface area contributed by atoms with Crippen molar-refractivity contribution in [2.75, 3.05) is 6.61 Å². The van der Waals surface area contributed by atoms with Gasteiger partial charge in [0.2, 0.25) is 5.75 Å². The summed E-state index contributed by atoms with van der Waals surface area (Å²) in [6, 6.07) is -1.26. The summed E-state index contributed by atoms with van der Waals surface area (Å²) in [6.07, 6.45) is -5.07. The molecule has 1 aliphatic heterocycles. The average Bonchev–Trinajstić information content (AvgIpc) is 2.75. The van der Waals surface area contributed by atoms with Crippen molar-refractivity contribution in [2.24, 2.45) is 5.92 Å². The number of hydrogen-bond donors (Lipinski definition) is 0. The molecular formula is C23H17F9O3. The fourth-order valence-corrected chi connectivity index (χ4v) is 3.57. The summed E-state index contributed by atoms with van der Waals surface area (Å²) >= 11 is 0. The first kappa shape index (κ1) is 26.5. The van der Waals surface area contributed by atoms with Gasteiger partial charge in [-0.2, -0.15) is 22.0 Å². The molecule has 35 heavy (non-hydrogen) atoms. The van der Waals surface area contributed by atoms with E-state index in [4.69, 9.17) is 4.74 Å². The summed E-state index contributed by atoms with van der Waals surface area (Å²) < 4.78 is 136. The van der Waals surface area contributed by atoms with Crippen LogP contribution in [0.2, 0.25) is 0 Å². The molecule has 3 nitrogen and oxygen atoms in total. The van der Waals surface area contributed by atoms with Gasteiger partial charge < -0.3 is 14.2 Å². The number of alkyl halides is 2. The number of benzene rings is 2. The molecule has 0 aliphatic carbocycles. The smallest absolute Gasteiger partial charge is 0.429 e. The van der Waals surface area contributed by atoms with Gasteiger partial charge in [-0.3, -0.25) is 0 Å². The van der Waals surface area contributed by atoms with Gasteiger partial charge >= 0.3 is 18.2 Å². The third-order valence-electron chi connectivity index (χ3n) is 5.16. The third-order valence-corrected chi connectivity index (χ3v) is 5.16. The van der Waals surface area contributed by atoms with Crippen LogP contribution in [0, 0.1) is 29.2 Å². The molecule has 0 bridgehead atoms. The Bertz CT molecular complexity index is 1080. The minimum Gasteiger partial charge on any atom is -0.429 e. The molecule has 0 N–H and O–H groups in total. The van der Waals surface area contributed by atoms with Crippen molar-refractivity contribution in [3.8, 4) is 11.5 Å². The highest BCUT2D eigenvalue weighted by Crippen LogP contribution is 2.40. The van der Waals surface area contributed by atoms with E-state index >= 15 is 0 Å². The lowest BCUT2D eigenvalue weighted by molar-refractivity contribution is -0.189. The first-order valence-electron chi connectivity index (χ1n) is 10.1. The van der Waals surface area contributed by atoms with Crippen molar-refractivity contribution in [3.63, 3.8) is 0 Å². The van der Waals surface area contributed by atoms with Crippen LogP contribution in [0.1, 0.15) is 36.5 Å². The van der Waals surface area contributed by atoms with Crippen LogP contribution in [0.15, 0.2) is 49.0 Å². The SMILES string of the molecule is C=CCC1CCC(c2cc(F)c(C(F)(F)Oc3cc(F)c(OC(F)=C(F)F)c(F)c3)c(F)c2)OC1. The Kier molecular flexibility index (Phi) is 8.04. The van der Waals surface area contributed by atoms with E-state index in [2.05, 4.69) is 16.1 Å². The maximum absolute atomic E-state index is 14.6. The van der Waals surface area contributed by atoms with Gasteiger partial charge in [0, 0.05) is 12.1 Å². The van der Waals surface area contributed by atoms with Gasteiger partial charge in [-0.15, -0.1) is 6.58 Å². The molecule has 1 heterocycles. The molecule has 0 aromatic heterocycles.